The molecular formula is C32H54N2O4. The summed E-state index contributed by atoms with van der Waals surface area (Å²) in [5.41, 5.74) is 1.60. The molecule has 38 heavy (non-hydrogen) atoms. The van der Waals surface area contributed by atoms with Crippen LogP contribution < -0.4 is 5.32 Å². The van der Waals surface area contributed by atoms with Crippen LogP contribution in [0.3, 0.4) is 0 Å². The average molecular weight is 531 g/mol. The van der Waals surface area contributed by atoms with Crippen LogP contribution in [0.25, 0.3) is 0 Å². The second-order valence-corrected chi connectivity index (χ2v) is 10.3. The van der Waals surface area contributed by atoms with Crippen LogP contribution in [0.4, 0.5) is 4.79 Å². The van der Waals surface area contributed by atoms with E-state index in [4.69, 9.17) is 9.47 Å². The molecule has 0 spiro atoms. The molecule has 1 amide bonds. The van der Waals surface area contributed by atoms with Gasteiger partial charge in [0.15, 0.2) is 0 Å². The van der Waals surface area contributed by atoms with E-state index in [0.717, 1.165) is 19.6 Å². The van der Waals surface area contributed by atoms with Gasteiger partial charge in [0.2, 0.25) is 0 Å². The van der Waals surface area contributed by atoms with Crippen LogP contribution in [-0.2, 0) is 20.8 Å². The first kappa shape index (κ1) is 33.7. The first-order valence-corrected chi connectivity index (χ1v) is 15.0. The van der Waals surface area contributed by atoms with Gasteiger partial charge >= 0.3 is 12.1 Å². The second kappa shape index (κ2) is 23.8. The van der Waals surface area contributed by atoms with E-state index in [2.05, 4.69) is 48.0 Å². The molecule has 0 aliphatic rings. The van der Waals surface area contributed by atoms with Crippen LogP contribution in [0.1, 0.15) is 109 Å². The van der Waals surface area contributed by atoms with E-state index >= 15 is 0 Å². The molecule has 0 saturated heterocycles. The van der Waals surface area contributed by atoms with Crippen molar-refractivity contribution >= 4 is 12.1 Å². The Balaban J connectivity index is 2.15. The van der Waals surface area contributed by atoms with E-state index in [1.807, 2.05) is 6.07 Å². The molecule has 1 rings (SSSR count). The summed E-state index contributed by atoms with van der Waals surface area (Å²) < 4.78 is 10.0. The molecule has 0 aliphatic carbocycles. The van der Waals surface area contributed by atoms with Crippen LogP contribution in [0.2, 0.25) is 0 Å². The first-order chi connectivity index (χ1) is 18.5. The van der Waals surface area contributed by atoms with Gasteiger partial charge in [-0.3, -0.25) is 4.90 Å². The van der Waals surface area contributed by atoms with E-state index in [9.17, 15) is 9.59 Å². The third-order valence-corrected chi connectivity index (χ3v) is 6.67. The van der Waals surface area contributed by atoms with Crippen molar-refractivity contribution in [2.24, 2.45) is 0 Å². The van der Waals surface area contributed by atoms with Crippen molar-refractivity contribution in [1.29, 1.82) is 0 Å². The highest BCUT2D eigenvalue weighted by Crippen LogP contribution is 2.13. The summed E-state index contributed by atoms with van der Waals surface area (Å²) in [5.74, 6) is -0.478. The number of hydrogen-bond acceptors (Lipinski definition) is 5. The molecule has 6 heteroatoms. The number of nitrogens with zero attached hydrogens (tertiary/aromatic N) is 1. The Morgan fingerprint density at radius 1 is 0.763 bits per heavy atom. The van der Waals surface area contributed by atoms with Crippen molar-refractivity contribution in [3.8, 4) is 0 Å². The quantitative estimate of drug-likeness (QED) is 0.0838. The Kier molecular flexibility index (Phi) is 21.1. The third-order valence-electron chi connectivity index (χ3n) is 6.67. The van der Waals surface area contributed by atoms with E-state index in [-0.39, 0.29) is 13.2 Å². The highest BCUT2D eigenvalue weighted by Gasteiger charge is 2.09. The molecule has 0 aliphatic heterocycles. The standard InChI is InChI=1S/C32H54N2O4/c1-4-5-6-7-8-9-10-11-12-13-14-15-16-20-24-34(28-30-21-18-17-19-22-30)25-23-33-32(36)38-27-26-37-31(35)29(2)3/h17-19,21-22H,2,4-16,20,23-28H2,1,3H3,(H,33,36). The molecule has 0 saturated carbocycles. The smallest absolute Gasteiger partial charge is 0.407 e. The fourth-order valence-electron chi connectivity index (χ4n) is 4.40. The van der Waals surface area contributed by atoms with Crippen LogP contribution in [0, 0.1) is 0 Å². The summed E-state index contributed by atoms with van der Waals surface area (Å²) in [6, 6.07) is 10.5. The van der Waals surface area contributed by atoms with E-state index < -0.39 is 12.1 Å². The lowest BCUT2D eigenvalue weighted by molar-refractivity contribution is -0.139. The zero-order valence-electron chi connectivity index (χ0n) is 24.3. The average Bonchev–Trinajstić information content (AvgIpc) is 2.91. The predicted octanol–water partition coefficient (Wildman–Crippen LogP) is 7.82. The van der Waals surface area contributed by atoms with Gasteiger partial charge in [0.1, 0.15) is 13.2 Å². The number of esters is 1. The van der Waals surface area contributed by atoms with Crippen LogP contribution in [0.15, 0.2) is 42.5 Å². The van der Waals surface area contributed by atoms with Crippen LogP contribution in [-0.4, -0.2) is 49.8 Å². The molecule has 216 valence electrons. The molecule has 1 aromatic rings. The number of carbonyl (C=O) groups excluding carboxylic acids is 2. The second-order valence-electron chi connectivity index (χ2n) is 10.3. The predicted molar refractivity (Wildman–Crippen MR) is 157 cm³/mol. The Morgan fingerprint density at radius 2 is 1.29 bits per heavy atom. The van der Waals surface area contributed by atoms with Crippen molar-refractivity contribution in [2.75, 3.05) is 32.8 Å². The fraction of sp³-hybridized carbons (Fsp3) is 0.688. The van der Waals surface area contributed by atoms with Gasteiger partial charge in [-0.2, -0.15) is 0 Å². The van der Waals surface area contributed by atoms with Gasteiger partial charge in [0.25, 0.3) is 0 Å². The summed E-state index contributed by atoms with van der Waals surface area (Å²) >= 11 is 0. The van der Waals surface area contributed by atoms with Crippen molar-refractivity contribution in [3.05, 3.63) is 48.0 Å². The summed E-state index contributed by atoms with van der Waals surface area (Å²) in [6.45, 7) is 10.6. The maximum Gasteiger partial charge on any atom is 0.407 e. The van der Waals surface area contributed by atoms with Gasteiger partial charge in [-0.05, 0) is 25.5 Å². The lowest BCUT2D eigenvalue weighted by Crippen LogP contribution is -2.36. The number of amides is 1. The Labute approximate surface area is 232 Å². The Hall–Kier alpha value is -2.34. The first-order valence-electron chi connectivity index (χ1n) is 15.0. The van der Waals surface area contributed by atoms with Gasteiger partial charge in [-0.25, -0.2) is 9.59 Å². The molecule has 0 fully saturated rings. The zero-order valence-corrected chi connectivity index (χ0v) is 24.3. The van der Waals surface area contributed by atoms with Crippen molar-refractivity contribution in [2.45, 2.75) is 110 Å². The van der Waals surface area contributed by atoms with Crippen LogP contribution >= 0.6 is 0 Å². The highest BCUT2D eigenvalue weighted by atomic mass is 16.6. The molecule has 1 N–H and O–H groups in total. The number of ether oxygens (including phenoxy) is 2. The van der Waals surface area contributed by atoms with Crippen molar-refractivity contribution in [1.82, 2.24) is 10.2 Å². The Bertz CT molecular complexity index is 738. The Morgan fingerprint density at radius 3 is 1.84 bits per heavy atom. The highest BCUT2D eigenvalue weighted by molar-refractivity contribution is 5.86. The summed E-state index contributed by atoms with van der Waals surface area (Å²) in [7, 11) is 0. The summed E-state index contributed by atoms with van der Waals surface area (Å²) in [6.07, 6.45) is 18.5. The SMILES string of the molecule is C=C(C)C(=O)OCCOC(=O)NCCN(CCCCCCCCCCCCCCCC)Cc1ccccc1. The lowest BCUT2D eigenvalue weighted by Gasteiger charge is -2.22. The van der Waals surface area contributed by atoms with E-state index in [1.165, 1.54) is 95.5 Å². The molecule has 1 aromatic carbocycles. The maximum absolute atomic E-state index is 11.9. The van der Waals surface area contributed by atoms with Gasteiger partial charge in [-0.1, -0.05) is 127 Å². The minimum absolute atomic E-state index is 0.0254. The summed E-state index contributed by atoms with van der Waals surface area (Å²) in [4.78, 5) is 25.7. The normalized spacial score (nSPS) is 10.9. The molecule has 6 nitrogen and oxygen atoms in total. The lowest BCUT2D eigenvalue weighted by atomic mass is 10.0. The number of carbonyl (C=O) groups is 2. The van der Waals surface area contributed by atoms with E-state index in [1.54, 1.807) is 6.92 Å². The van der Waals surface area contributed by atoms with Gasteiger partial charge in [0, 0.05) is 25.2 Å². The molecule has 0 unspecified atom stereocenters. The van der Waals surface area contributed by atoms with Gasteiger partial charge in [0.05, 0.1) is 0 Å². The number of rotatable bonds is 24. The zero-order chi connectivity index (χ0) is 27.7. The number of nitrogens with one attached hydrogen (secondary N) is 1. The van der Waals surface area contributed by atoms with E-state index in [0.29, 0.717) is 12.1 Å². The fourth-order valence-corrected chi connectivity index (χ4v) is 4.40. The third kappa shape index (κ3) is 19.7. The maximum atomic E-state index is 11.9. The minimum atomic E-state index is -0.493. The van der Waals surface area contributed by atoms with Crippen LogP contribution in [0.5, 0.6) is 0 Å². The largest absolute Gasteiger partial charge is 0.459 e. The van der Waals surface area contributed by atoms with Crippen molar-refractivity contribution < 1.29 is 19.1 Å². The number of unbranched alkanes of at least 4 members (excludes halogenated alkanes) is 13. The number of hydrogen-bond donors (Lipinski definition) is 1. The van der Waals surface area contributed by atoms with Gasteiger partial charge in [-0.15, -0.1) is 0 Å². The monoisotopic (exact) mass is 530 g/mol. The minimum Gasteiger partial charge on any atom is -0.459 e. The molecule has 0 heterocycles. The molecule has 0 atom stereocenters. The number of alkyl carbamates (subject to hydrolysis) is 1. The summed E-state index contributed by atoms with van der Waals surface area (Å²) in [5, 5.41) is 2.80. The molecular weight excluding hydrogens is 476 g/mol. The molecule has 0 aromatic heterocycles. The molecule has 0 radical (unpaired) electrons. The molecule has 0 bridgehead atoms. The topological polar surface area (TPSA) is 67.9 Å². The van der Waals surface area contributed by atoms with Gasteiger partial charge < -0.3 is 14.8 Å². The van der Waals surface area contributed by atoms with Crippen molar-refractivity contribution in [3.63, 3.8) is 0 Å². The number of benzene rings is 1.